The zero-order valence-electron chi connectivity index (χ0n) is 12.9. The van der Waals surface area contributed by atoms with E-state index in [0.29, 0.717) is 16.8 Å². The summed E-state index contributed by atoms with van der Waals surface area (Å²) < 4.78 is 6.62. The lowest BCUT2D eigenvalue weighted by atomic mass is 9.83. The zero-order chi connectivity index (χ0) is 17.6. The summed E-state index contributed by atoms with van der Waals surface area (Å²) >= 11 is 3.40. The van der Waals surface area contributed by atoms with Crippen LogP contribution < -0.4 is 16.0 Å². The van der Waals surface area contributed by atoms with Crippen molar-refractivity contribution in [3.8, 4) is 11.8 Å². The largest absolute Gasteiger partial charge is 0.439 e. The Morgan fingerprint density at radius 3 is 2.60 bits per heavy atom. The number of allylic oxidation sites excluding steroid dienone is 1. The van der Waals surface area contributed by atoms with Gasteiger partial charge in [-0.15, -0.1) is 0 Å². The van der Waals surface area contributed by atoms with Crippen LogP contribution in [0.1, 0.15) is 17.0 Å². The molecule has 1 aliphatic heterocycles. The molecule has 4 rings (SSSR count). The van der Waals surface area contributed by atoms with Crippen LogP contribution in [0.5, 0.6) is 5.75 Å². The average molecular weight is 394 g/mol. The SMILES string of the molecule is N#CC1=C(N)Oc2c(c(=O)[nH]c3ccccc23)[C@H]1c1ccc(Br)cc1. The molecule has 1 aliphatic rings. The van der Waals surface area contributed by atoms with Crippen LogP contribution in [-0.2, 0) is 0 Å². The van der Waals surface area contributed by atoms with Crippen LogP contribution in [0.15, 0.2) is 69.3 Å². The van der Waals surface area contributed by atoms with Crippen molar-refractivity contribution in [3.63, 3.8) is 0 Å². The van der Waals surface area contributed by atoms with Gasteiger partial charge in [-0.1, -0.05) is 40.2 Å². The van der Waals surface area contributed by atoms with Gasteiger partial charge >= 0.3 is 0 Å². The topological polar surface area (TPSA) is 91.9 Å². The number of hydrogen-bond acceptors (Lipinski definition) is 4. The van der Waals surface area contributed by atoms with Crippen molar-refractivity contribution in [1.29, 1.82) is 5.26 Å². The number of hydrogen-bond donors (Lipinski definition) is 2. The number of aromatic nitrogens is 1. The third-order valence-corrected chi connectivity index (χ3v) is 4.82. The molecular weight excluding hydrogens is 382 g/mol. The van der Waals surface area contributed by atoms with E-state index in [1.54, 1.807) is 6.07 Å². The van der Waals surface area contributed by atoms with E-state index in [4.69, 9.17) is 10.5 Å². The Hall–Kier alpha value is -3.04. The van der Waals surface area contributed by atoms with Crippen molar-refractivity contribution in [2.24, 2.45) is 5.73 Å². The number of pyridine rings is 1. The molecule has 1 atom stereocenters. The lowest BCUT2D eigenvalue weighted by Crippen LogP contribution is -2.27. The number of aromatic amines is 1. The highest BCUT2D eigenvalue weighted by atomic mass is 79.9. The maximum absolute atomic E-state index is 12.8. The van der Waals surface area contributed by atoms with Gasteiger partial charge in [0.25, 0.3) is 5.56 Å². The summed E-state index contributed by atoms with van der Waals surface area (Å²) in [7, 11) is 0. The molecule has 0 saturated heterocycles. The van der Waals surface area contributed by atoms with Crippen molar-refractivity contribution < 1.29 is 4.74 Å². The summed E-state index contributed by atoms with van der Waals surface area (Å²) in [5, 5.41) is 10.3. The van der Waals surface area contributed by atoms with Crippen LogP contribution in [-0.4, -0.2) is 4.98 Å². The molecule has 2 heterocycles. The molecule has 3 aromatic rings. The van der Waals surface area contributed by atoms with Gasteiger partial charge in [-0.3, -0.25) is 4.79 Å². The van der Waals surface area contributed by atoms with Crippen LogP contribution >= 0.6 is 15.9 Å². The molecule has 0 spiro atoms. The highest BCUT2D eigenvalue weighted by Crippen LogP contribution is 2.42. The second-order valence-electron chi connectivity index (χ2n) is 5.72. The smallest absolute Gasteiger partial charge is 0.256 e. The normalized spacial score (nSPS) is 16.2. The van der Waals surface area contributed by atoms with Crippen LogP contribution in [0.4, 0.5) is 0 Å². The molecule has 3 N–H and O–H groups in total. The fraction of sp³-hybridized carbons (Fsp3) is 0.0526. The molecule has 122 valence electrons. The number of fused-ring (bicyclic) bond motifs is 3. The Morgan fingerprint density at radius 2 is 1.88 bits per heavy atom. The van der Waals surface area contributed by atoms with Gasteiger partial charge in [0.1, 0.15) is 17.4 Å². The molecule has 0 amide bonds. The molecule has 0 saturated carbocycles. The minimum atomic E-state index is -0.574. The van der Waals surface area contributed by atoms with Crippen LogP contribution in [0.25, 0.3) is 10.9 Å². The molecule has 2 aromatic carbocycles. The second kappa shape index (κ2) is 5.80. The van der Waals surface area contributed by atoms with E-state index in [0.717, 1.165) is 15.4 Å². The summed E-state index contributed by atoms with van der Waals surface area (Å²) in [5.74, 6) is -0.141. The molecule has 0 aliphatic carbocycles. The van der Waals surface area contributed by atoms with Gasteiger partial charge in [-0.05, 0) is 29.8 Å². The molecule has 5 nitrogen and oxygen atoms in total. The number of nitrogens with zero attached hydrogens (tertiary/aromatic N) is 1. The van der Waals surface area contributed by atoms with E-state index < -0.39 is 5.92 Å². The summed E-state index contributed by atoms with van der Waals surface area (Å²) in [4.78, 5) is 15.6. The van der Waals surface area contributed by atoms with E-state index in [1.165, 1.54) is 0 Å². The number of halogens is 1. The third-order valence-electron chi connectivity index (χ3n) is 4.29. The number of ether oxygens (including phenoxy) is 1. The maximum Gasteiger partial charge on any atom is 0.256 e. The number of benzene rings is 2. The van der Waals surface area contributed by atoms with E-state index in [-0.39, 0.29) is 17.0 Å². The second-order valence-corrected chi connectivity index (χ2v) is 6.63. The number of para-hydroxylation sites is 1. The summed E-state index contributed by atoms with van der Waals surface area (Å²) in [6.07, 6.45) is 0. The number of H-pyrrole nitrogens is 1. The zero-order valence-corrected chi connectivity index (χ0v) is 14.5. The van der Waals surface area contributed by atoms with Crippen LogP contribution in [0.2, 0.25) is 0 Å². The lowest BCUT2D eigenvalue weighted by Gasteiger charge is -2.26. The first-order valence-corrected chi connectivity index (χ1v) is 8.37. The molecule has 0 bridgehead atoms. The number of rotatable bonds is 1. The van der Waals surface area contributed by atoms with E-state index in [2.05, 4.69) is 27.0 Å². The van der Waals surface area contributed by atoms with Gasteiger partial charge < -0.3 is 15.5 Å². The Bertz CT molecular complexity index is 1120. The minimum Gasteiger partial charge on any atom is -0.439 e. The lowest BCUT2D eigenvalue weighted by molar-refractivity contribution is 0.397. The van der Waals surface area contributed by atoms with E-state index in [9.17, 15) is 10.1 Å². The molecule has 25 heavy (non-hydrogen) atoms. The molecule has 0 fully saturated rings. The van der Waals surface area contributed by atoms with Crippen molar-refractivity contribution in [3.05, 3.63) is 85.9 Å². The Kier molecular flexibility index (Phi) is 3.59. The fourth-order valence-electron chi connectivity index (χ4n) is 3.16. The molecular formula is C19H12BrN3O2. The van der Waals surface area contributed by atoms with Gasteiger partial charge in [-0.25, -0.2) is 0 Å². The first-order chi connectivity index (χ1) is 12.1. The Morgan fingerprint density at radius 1 is 1.16 bits per heavy atom. The summed E-state index contributed by atoms with van der Waals surface area (Å²) in [6.45, 7) is 0. The average Bonchev–Trinajstić information content (AvgIpc) is 2.61. The Balaban J connectivity index is 2.08. The van der Waals surface area contributed by atoms with Gasteiger partial charge in [0.2, 0.25) is 5.88 Å². The fourth-order valence-corrected chi connectivity index (χ4v) is 3.42. The number of nitrogens with two attached hydrogens (primary N) is 1. The predicted octanol–water partition coefficient (Wildman–Crippen LogP) is 3.51. The van der Waals surface area contributed by atoms with Crippen molar-refractivity contribution in [2.45, 2.75) is 5.92 Å². The monoisotopic (exact) mass is 393 g/mol. The van der Waals surface area contributed by atoms with Gasteiger partial charge in [0, 0.05) is 9.86 Å². The Labute approximate surface area is 151 Å². The standard InChI is InChI=1S/C19H12BrN3O2/c20-11-7-5-10(6-8-11)15-13(9-21)18(22)25-17-12-3-1-2-4-14(12)23-19(24)16(15)17/h1-8,15H,22H2,(H,23,24)/t15-/m0/s1. The van der Waals surface area contributed by atoms with Crippen LogP contribution in [0, 0.1) is 11.3 Å². The van der Waals surface area contributed by atoms with Crippen LogP contribution in [0.3, 0.4) is 0 Å². The summed E-state index contributed by atoms with van der Waals surface area (Å²) in [5.41, 5.74) is 7.81. The third kappa shape index (κ3) is 2.41. The highest BCUT2D eigenvalue weighted by Gasteiger charge is 2.34. The first kappa shape index (κ1) is 15.5. The van der Waals surface area contributed by atoms with Crippen molar-refractivity contribution >= 4 is 26.8 Å². The van der Waals surface area contributed by atoms with E-state index >= 15 is 0 Å². The molecule has 1 aromatic heterocycles. The molecule has 0 unspecified atom stereocenters. The quantitative estimate of drug-likeness (QED) is 0.661. The van der Waals surface area contributed by atoms with Crippen molar-refractivity contribution in [2.75, 3.05) is 0 Å². The van der Waals surface area contributed by atoms with E-state index in [1.807, 2.05) is 42.5 Å². The minimum absolute atomic E-state index is 0.0265. The maximum atomic E-state index is 12.8. The number of nitriles is 1. The van der Waals surface area contributed by atoms with Crippen molar-refractivity contribution in [1.82, 2.24) is 4.98 Å². The first-order valence-electron chi connectivity index (χ1n) is 7.58. The summed E-state index contributed by atoms with van der Waals surface area (Å²) in [6, 6.07) is 16.9. The van der Waals surface area contributed by atoms with Gasteiger partial charge in [0.05, 0.1) is 17.0 Å². The highest BCUT2D eigenvalue weighted by molar-refractivity contribution is 9.10. The molecule has 0 radical (unpaired) electrons. The number of nitrogens with one attached hydrogen (secondary N) is 1. The molecule has 6 heteroatoms. The predicted molar refractivity (Wildman–Crippen MR) is 98.0 cm³/mol. The van der Waals surface area contributed by atoms with Gasteiger partial charge in [-0.2, -0.15) is 5.26 Å². The van der Waals surface area contributed by atoms with Gasteiger partial charge in [0.15, 0.2) is 0 Å².